The van der Waals surface area contributed by atoms with Crippen molar-refractivity contribution in [3.05, 3.63) is 53.8 Å². The van der Waals surface area contributed by atoms with E-state index in [9.17, 15) is 13.2 Å². The van der Waals surface area contributed by atoms with Gasteiger partial charge >= 0.3 is 0 Å². The van der Waals surface area contributed by atoms with Gasteiger partial charge in [-0.15, -0.1) is 0 Å². The summed E-state index contributed by atoms with van der Waals surface area (Å²) < 4.78 is 44.7. The fraction of sp³-hybridized carbons (Fsp3) is 0.0769. The lowest BCUT2D eigenvalue weighted by atomic mass is 10.0. The molecule has 0 heterocycles. The Morgan fingerprint density at radius 1 is 1.06 bits per heavy atom. The standard InChI is InChI=1S/C13H8F3O/c1-17-10-4-2-3-8(5-10)13-11(15)6-9(14)7-12(13)16/h2-3,5-7H,1H3. The van der Waals surface area contributed by atoms with Crippen molar-refractivity contribution in [3.63, 3.8) is 0 Å². The molecule has 0 unspecified atom stereocenters. The molecule has 0 aliphatic rings. The van der Waals surface area contributed by atoms with Crippen LogP contribution in [0.3, 0.4) is 0 Å². The first-order valence-corrected chi connectivity index (χ1v) is 4.82. The van der Waals surface area contributed by atoms with Crippen molar-refractivity contribution < 1.29 is 17.9 Å². The molecule has 0 amide bonds. The van der Waals surface area contributed by atoms with Crippen molar-refractivity contribution in [2.24, 2.45) is 0 Å². The van der Waals surface area contributed by atoms with E-state index in [1.165, 1.54) is 25.3 Å². The number of rotatable bonds is 2. The lowest BCUT2D eigenvalue weighted by Gasteiger charge is -2.07. The largest absolute Gasteiger partial charge is 0.496 e. The van der Waals surface area contributed by atoms with Gasteiger partial charge in [0.15, 0.2) is 0 Å². The van der Waals surface area contributed by atoms with Crippen LogP contribution in [0.4, 0.5) is 13.2 Å². The average molecular weight is 237 g/mol. The van der Waals surface area contributed by atoms with Crippen LogP contribution in [-0.4, -0.2) is 7.11 Å². The van der Waals surface area contributed by atoms with Crippen LogP contribution in [0.15, 0.2) is 30.3 Å². The molecule has 0 saturated carbocycles. The highest BCUT2D eigenvalue weighted by molar-refractivity contribution is 5.66. The van der Waals surface area contributed by atoms with Gasteiger partial charge in [0.25, 0.3) is 0 Å². The van der Waals surface area contributed by atoms with E-state index in [2.05, 4.69) is 6.07 Å². The normalized spacial score (nSPS) is 10.4. The van der Waals surface area contributed by atoms with Gasteiger partial charge in [-0.3, -0.25) is 0 Å². The molecule has 1 radical (unpaired) electrons. The minimum Gasteiger partial charge on any atom is -0.496 e. The Morgan fingerprint density at radius 2 is 1.71 bits per heavy atom. The Labute approximate surface area is 96.5 Å². The van der Waals surface area contributed by atoms with Crippen LogP contribution in [0.25, 0.3) is 11.1 Å². The van der Waals surface area contributed by atoms with Gasteiger partial charge in [0.2, 0.25) is 0 Å². The van der Waals surface area contributed by atoms with Crippen LogP contribution in [0, 0.1) is 23.5 Å². The Kier molecular flexibility index (Phi) is 3.04. The smallest absolute Gasteiger partial charge is 0.136 e. The molecule has 0 bridgehead atoms. The highest BCUT2D eigenvalue weighted by atomic mass is 19.1. The first-order valence-electron chi connectivity index (χ1n) is 4.82. The maximum Gasteiger partial charge on any atom is 0.136 e. The predicted octanol–water partition coefficient (Wildman–Crippen LogP) is 3.58. The second-order valence-electron chi connectivity index (χ2n) is 3.39. The number of benzene rings is 2. The highest BCUT2D eigenvalue weighted by Gasteiger charge is 2.13. The van der Waals surface area contributed by atoms with Gasteiger partial charge in [-0.2, -0.15) is 0 Å². The summed E-state index contributed by atoms with van der Waals surface area (Å²) in [7, 11) is 1.42. The number of hydrogen-bond donors (Lipinski definition) is 0. The molecule has 17 heavy (non-hydrogen) atoms. The molecule has 2 aromatic rings. The molecule has 2 aromatic carbocycles. The van der Waals surface area contributed by atoms with Gasteiger partial charge in [-0.05, 0) is 17.7 Å². The van der Waals surface area contributed by atoms with Crippen LogP contribution < -0.4 is 4.74 Å². The van der Waals surface area contributed by atoms with Gasteiger partial charge in [-0.1, -0.05) is 6.07 Å². The molecule has 0 aliphatic carbocycles. The topological polar surface area (TPSA) is 9.23 Å². The highest BCUT2D eigenvalue weighted by Crippen LogP contribution is 2.29. The van der Waals surface area contributed by atoms with E-state index < -0.39 is 17.5 Å². The summed E-state index contributed by atoms with van der Waals surface area (Å²) in [5.41, 5.74) is -0.00528. The Balaban J connectivity index is 2.60. The molecule has 0 saturated heterocycles. The second kappa shape index (κ2) is 4.49. The molecule has 4 heteroatoms. The van der Waals surface area contributed by atoms with Crippen molar-refractivity contribution in [2.75, 3.05) is 7.11 Å². The maximum absolute atomic E-state index is 13.5. The van der Waals surface area contributed by atoms with E-state index in [-0.39, 0.29) is 11.1 Å². The third-order valence-corrected chi connectivity index (χ3v) is 2.29. The molecule has 0 aliphatic heterocycles. The van der Waals surface area contributed by atoms with E-state index in [1.54, 1.807) is 0 Å². The first kappa shape index (κ1) is 11.5. The molecule has 87 valence electrons. The molecular formula is C13H8F3O. The second-order valence-corrected chi connectivity index (χ2v) is 3.39. The SMILES string of the molecule is COc1[c]ccc(-c2c(F)cc(F)cc2F)c1. The predicted molar refractivity (Wildman–Crippen MR) is 57.1 cm³/mol. The number of halogens is 3. The van der Waals surface area contributed by atoms with Crippen molar-refractivity contribution >= 4 is 0 Å². The Bertz CT molecular complexity index is 529. The lowest BCUT2D eigenvalue weighted by Crippen LogP contribution is -1.93. The zero-order valence-electron chi connectivity index (χ0n) is 8.93. The molecule has 0 spiro atoms. The zero-order valence-corrected chi connectivity index (χ0v) is 8.93. The quantitative estimate of drug-likeness (QED) is 0.775. The molecule has 1 nitrogen and oxygen atoms in total. The number of hydrogen-bond acceptors (Lipinski definition) is 1. The molecular weight excluding hydrogens is 229 g/mol. The molecule has 0 atom stereocenters. The van der Waals surface area contributed by atoms with Gasteiger partial charge in [-0.25, -0.2) is 13.2 Å². The fourth-order valence-electron chi connectivity index (χ4n) is 1.54. The number of ether oxygens (including phenoxy) is 1. The third-order valence-electron chi connectivity index (χ3n) is 2.29. The third kappa shape index (κ3) is 2.25. The molecule has 0 aromatic heterocycles. The molecule has 0 N–H and O–H groups in total. The summed E-state index contributed by atoms with van der Waals surface area (Å²) >= 11 is 0. The fourth-order valence-corrected chi connectivity index (χ4v) is 1.54. The summed E-state index contributed by atoms with van der Waals surface area (Å²) in [6.07, 6.45) is 0. The first-order chi connectivity index (χ1) is 8.11. The van der Waals surface area contributed by atoms with Crippen LogP contribution in [-0.2, 0) is 0 Å². The van der Waals surface area contributed by atoms with Crippen LogP contribution in [0.5, 0.6) is 5.75 Å². The van der Waals surface area contributed by atoms with E-state index in [4.69, 9.17) is 4.74 Å². The minimum atomic E-state index is -0.948. The van der Waals surface area contributed by atoms with E-state index in [1.807, 2.05) is 0 Å². The van der Waals surface area contributed by atoms with Crippen LogP contribution in [0.1, 0.15) is 0 Å². The van der Waals surface area contributed by atoms with Crippen LogP contribution in [0.2, 0.25) is 0 Å². The van der Waals surface area contributed by atoms with E-state index in [0.29, 0.717) is 17.9 Å². The summed E-state index contributed by atoms with van der Waals surface area (Å²) in [5, 5.41) is 0. The summed E-state index contributed by atoms with van der Waals surface area (Å²) in [5.74, 6) is -2.49. The Morgan fingerprint density at radius 3 is 2.29 bits per heavy atom. The van der Waals surface area contributed by atoms with Gasteiger partial charge in [0, 0.05) is 18.2 Å². The van der Waals surface area contributed by atoms with E-state index in [0.717, 1.165) is 0 Å². The summed E-state index contributed by atoms with van der Waals surface area (Å²) in [6, 6.07) is 8.40. The minimum absolute atomic E-state index is 0.274. The molecule has 0 fully saturated rings. The number of methoxy groups -OCH3 is 1. The Hall–Kier alpha value is -1.97. The van der Waals surface area contributed by atoms with Crippen molar-refractivity contribution in [1.82, 2.24) is 0 Å². The van der Waals surface area contributed by atoms with Crippen molar-refractivity contribution in [3.8, 4) is 16.9 Å². The van der Waals surface area contributed by atoms with E-state index >= 15 is 0 Å². The van der Waals surface area contributed by atoms with Gasteiger partial charge in [0.05, 0.1) is 12.7 Å². The average Bonchev–Trinajstić information content (AvgIpc) is 2.28. The van der Waals surface area contributed by atoms with Crippen LogP contribution >= 0.6 is 0 Å². The van der Waals surface area contributed by atoms with Gasteiger partial charge in [0.1, 0.15) is 23.2 Å². The zero-order chi connectivity index (χ0) is 12.4. The lowest BCUT2D eigenvalue weighted by molar-refractivity contribution is 0.414. The molecule has 2 rings (SSSR count). The summed E-state index contributed by atoms with van der Waals surface area (Å²) in [6.45, 7) is 0. The monoisotopic (exact) mass is 237 g/mol. The maximum atomic E-state index is 13.5. The summed E-state index contributed by atoms with van der Waals surface area (Å²) in [4.78, 5) is 0. The van der Waals surface area contributed by atoms with Gasteiger partial charge < -0.3 is 4.74 Å². The van der Waals surface area contributed by atoms with Crippen molar-refractivity contribution in [2.45, 2.75) is 0 Å². The van der Waals surface area contributed by atoms with Crippen molar-refractivity contribution in [1.29, 1.82) is 0 Å².